The molecule has 0 spiro atoms. The van der Waals surface area contributed by atoms with Crippen LogP contribution in [0.2, 0.25) is 0 Å². The second-order valence-electron chi connectivity index (χ2n) is 7.82. The molecule has 0 saturated carbocycles. The number of hydrogen-bond donors (Lipinski definition) is 2. The molecule has 0 aliphatic carbocycles. The largest absolute Gasteiger partial charge is 0.332 e. The second-order valence-corrected chi connectivity index (χ2v) is 7.82. The first kappa shape index (κ1) is 20.8. The van der Waals surface area contributed by atoms with Crippen LogP contribution < -0.4 is 10.2 Å². The highest BCUT2D eigenvalue weighted by Crippen LogP contribution is 2.23. The van der Waals surface area contributed by atoms with E-state index in [1.807, 2.05) is 60.4 Å². The van der Waals surface area contributed by atoms with Crippen molar-refractivity contribution in [3.05, 3.63) is 77.5 Å². The summed E-state index contributed by atoms with van der Waals surface area (Å²) < 4.78 is 1.62. The summed E-state index contributed by atoms with van der Waals surface area (Å²) in [5.41, 5.74) is 2.63. The monoisotopic (exact) mass is 418 g/mol. The van der Waals surface area contributed by atoms with E-state index in [-0.39, 0.29) is 11.8 Å². The van der Waals surface area contributed by atoms with Gasteiger partial charge in [0, 0.05) is 5.56 Å². The number of aromatic nitrogens is 2. The van der Waals surface area contributed by atoms with Gasteiger partial charge in [0.05, 0.1) is 44.6 Å². The minimum atomic E-state index is -0.259. The summed E-state index contributed by atoms with van der Waals surface area (Å²) in [7, 11) is 0. The summed E-state index contributed by atoms with van der Waals surface area (Å²) in [6.07, 6.45) is 1.56. The van der Waals surface area contributed by atoms with Crippen molar-refractivity contribution in [3.8, 4) is 5.69 Å². The number of carbonyl (C=O) groups excluding carboxylic acids is 2. The van der Waals surface area contributed by atoms with Crippen LogP contribution >= 0.6 is 0 Å². The highest BCUT2D eigenvalue weighted by atomic mass is 16.2. The van der Waals surface area contributed by atoms with Crippen molar-refractivity contribution < 1.29 is 14.5 Å². The number of nitrogens with zero attached hydrogens (tertiary/aromatic N) is 3. The van der Waals surface area contributed by atoms with Crippen molar-refractivity contribution in [2.24, 2.45) is 0 Å². The normalized spacial score (nSPS) is 14.5. The van der Waals surface area contributed by atoms with Crippen molar-refractivity contribution >= 4 is 17.6 Å². The number of likely N-dealkylation sites (N-methyl/N-ethyl adjacent to an activating group) is 1. The summed E-state index contributed by atoms with van der Waals surface area (Å²) in [5, 5.41) is 7.42. The smallest absolute Gasteiger partial charge is 0.259 e. The molecule has 1 aliphatic rings. The molecule has 1 aromatic heterocycles. The van der Waals surface area contributed by atoms with Gasteiger partial charge >= 0.3 is 0 Å². The Morgan fingerprint density at radius 1 is 1.00 bits per heavy atom. The van der Waals surface area contributed by atoms with E-state index < -0.39 is 0 Å². The van der Waals surface area contributed by atoms with Crippen LogP contribution in [0.5, 0.6) is 0 Å². The van der Waals surface area contributed by atoms with Crippen LogP contribution in [-0.4, -0.2) is 59.2 Å². The SMILES string of the molecule is CC[NH+]1CCN(C(=O)c2cnn(-c3ccccc3)c2NC(=O)c2ccccc2C)CC1. The van der Waals surface area contributed by atoms with Gasteiger partial charge in [-0.2, -0.15) is 5.10 Å². The van der Waals surface area contributed by atoms with Crippen molar-refractivity contribution in [2.75, 3.05) is 38.0 Å². The number of quaternary nitrogens is 1. The van der Waals surface area contributed by atoms with Crippen molar-refractivity contribution in [1.82, 2.24) is 14.7 Å². The summed E-state index contributed by atoms with van der Waals surface area (Å²) in [4.78, 5) is 29.8. The zero-order valence-electron chi connectivity index (χ0n) is 18.0. The number of para-hydroxylation sites is 1. The van der Waals surface area contributed by atoms with E-state index in [9.17, 15) is 9.59 Å². The number of amides is 2. The predicted molar refractivity (Wildman–Crippen MR) is 120 cm³/mol. The third kappa shape index (κ3) is 4.36. The Morgan fingerprint density at radius 2 is 1.68 bits per heavy atom. The van der Waals surface area contributed by atoms with Gasteiger partial charge in [0.25, 0.3) is 11.8 Å². The van der Waals surface area contributed by atoms with E-state index in [4.69, 9.17) is 0 Å². The van der Waals surface area contributed by atoms with Gasteiger partial charge in [-0.1, -0.05) is 36.4 Å². The maximum atomic E-state index is 13.4. The summed E-state index contributed by atoms with van der Waals surface area (Å²) >= 11 is 0. The molecular weight excluding hydrogens is 390 g/mol. The minimum absolute atomic E-state index is 0.0996. The maximum Gasteiger partial charge on any atom is 0.259 e. The number of rotatable bonds is 5. The van der Waals surface area contributed by atoms with Crippen molar-refractivity contribution in [2.45, 2.75) is 13.8 Å². The van der Waals surface area contributed by atoms with E-state index in [0.717, 1.165) is 30.9 Å². The average molecular weight is 419 g/mol. The molecule has 7 heteroatoms. The van der Waals surface area contributed by atoms with E-state index in [0.29, 0.717) is 30.0 Å². The van der Waals surface area contributed by atoms with Gasteiger partial charge in [-0.05, 0) is 37.6 Å². The fraction of sp³-hybridized carbons (Fsp3) is 0.292. The van der Waals surface area contributed by atoms with Crippen LogP contribution in [0.1, 0.15) is 33.2 Å². The first-order chi connectivity index (χ1) is 15.1. The Bertz CT molecular complexity index is 1070. The van der Waals surface area contributed by atoms with Crippen LogP contribution in [0.15, 0.2) is 60.8 Å². The molecule has 0 radical (unpaired) electrons. The Kier molecular flexibility index (Phi) is 6.13. The molecule has 31 heavy (non-hydrogen) atoms. The molecule has 0 bridgehead atoms. The fourth-order valence-electron chi connectivity index (χ4n) is 3.94. The van der Waals surface area contributed by atoms with E-state index in [1.54, 1.807) is 16.9 Å². The topological polar surface area (TPSA) is 71.7 Å². The molecule has 3 aromatic rings. The van der Waals surface area contributed by atoms with Crippen LogP contribution in [0.3, 0.4) is 0 Å². The highest BCUT2D eigenvalue weighted by Gasteiger charge is 2.28. The Labute approximate surface area is 182 Å². The maximum absolute atomic E-state index is 13.4. The molecule has 2 aromatic carbocycles. The lowest BCUT2D eigenvalue weighted by molar-refractivity contribution is -0.902. The second kappa shape index (κ2) is 9.14. The van der Waals surface area contributed by atoms with Gasteiger partial charge in [0.2, 0.25) is 0 Å². The number of benzene rings is 2. The molecule has 2 N–H and O–H groups in total. The van der Waals surface area contributed by atoms with E-state index in [2.05, 4.69) is 17.3 Å². The quantitative estimate of drug-likeness (QED) is 0.664. The molecule has 2 heterocycles. The van der Waals surface area contributed by atoms with E-state index in [1.165, 1.54) is 4.90 Å². The lowest BCUT2D eigenvalue weighted by Gasteiger charge is -2.31. The van der Waals surface area contributed by atoms with Gasteiger partial charge in [-0.3, -0.25) is 9.59 Å². The standard InChI is InChI=1S/C24H27N5O2/c1-3-27-13-15-28(16-14-27)24(31)21-17-25-29(19-10-5-4-6-11-19)22(21)26-23(30)20-12-8-7-9-18(20)2/h4-12,17H,3,13-16H2,1-2H3,(H,26,30)/p+1. The summed E-state index contributed by atoms with van der Waals surface area (Å²) in [6, 6.07) is 16.9. The number of hydrogen-bond acceptors (Lipinski definition) is 3. The third-order valence-corrected chi connectivity index (χ3v) is 5.88. The number of carbonyl (C=O) groups is 2. The summed E-state index contributed by atoms with van der Waals surface area (Å²) in [6.45, 7) is 8.37. The van der Waals surface area contributed by atoms with E-state index >= 15 is 0 Å². The number of piperazine rings is 1. The average Bonchev–Trinajstić information content (AvgIpc) is 3.22. The van der Waals surface area contributed by atoms with Gasteiger partial charge in [-0.25, -0.2) is 4.68 Å². The van der Waals surface area contributed by atoms with Gasteiger partial charge in [0.1, 0.15) is 11.4 Å². The fourth-order valence-corrected chi connectivity index (χ4v) is 3.94. The van der Waals surface area contributed by atoms with Crippen LogP contribution in [0.4, 0.5) is 5.82 Å². The molecule has 1 aliphatic heterocycles. The minimum Gasteiger partial charge on any atom is -0.332 e. The van der Waals surface area contributed by atoms with Gasteiger partial charge in [0.15, 0.2) is 0 Å². The van der Waals surface area contributed by atoms with Crippen LogP contribution in [0.25, 0.3) is 5.69 Å². The van der Waals surface area contributed by atoms with Crippen LogP contribution in [0, 0.1) is 6.92 Å². The molecule has 1 fully saturated rings. The number of anilines is 1. The first-order valence-corrected chi connectivity index (χ1v) is 10.7. The predicted octanol–water partition coefficient (Wildman–Crippen LogP) is 1.79. The van der Waals surface area contributed by atoms with Crippen LogP contribution in [-0.2, 0) is 0 Å². The Morgan fingerprint density at radius 3 is 2.35 bits per heavy atom. The lowest BCUT2D eigenvalue weighted by Crippen LogP contribution is -3.14. The zero-order valence-corrected chi connectivity index (χ0v) is 18.0. The molecule has 160 valence electrons. The number of nitrogens with one attached hydrogen (secondary N) is 2. The van der Waals surface area contributed by atoms with Gasteiger partial charge in [-0.15, -0.1) is 0 Å². The molecule has 7 nitrogen and oxygen atoms in total. The molecule has 0 atom stereocenters. The third-order valence-electron chi connectivity index (χ3n) is 5.88. The van der Waals surface area contributed by atoms with Gasteiger partial charge < -0.3 is 15.1 Å². The Balaban J connectivity index is 1.68. The molecule has 4 rings (SSSR count). The molecule has 1 saturated heterocycles. The Hall–Kier alpha value is -3.45. The molecule has 2 amide bonds. The van der Waals surface area contributed by atoms with Crippen molar-refractivity contribution in [1.29, 1.82) is 0 Å². The summed E-state index contributed by atoms with van der Waals surface area (Å²) in [5.74, 6) is 0.0391. The zero-order chi connectivity index (χ0) is 21.8. The highest BCUT2D eigenvalue weighted by molar-refractivity contribution is 6.09. The molecular formula is C24H28N5O2+. The lowest BCUT2D eigenvalue weighted by atomic mass is 10.1. The molecule has 0 unspecified atom stereocenters. The van der Waals surface area contributed by atoms with Crippen molar-refractivity contribution in [3.63, 3.8) is 0 Å². The first-order valence-electron chi connectivity index (χ1n) is 10.7. The number of aryl methyl sites for hydroxylation is 1.